The minimum atomic E-state index is -1.30. The lowest BCUT2D eigenvalue weighted by Gasteiger charge is -2.24. The second-order valence-electron chi connectivity index (χ2n) is 11.5. The number of hydrogen-bond donors (Lipinski definition) is 0. The Balaban J connectivity index is 1.96. The van der Waals surface area contributed by atoms with Gasteiger partial charge in [0.25, 0.3) is 5.56 Å². The van der Waals surface area contributed by atoms with Crippen molar-refractivity contribution in [3.63, 3.8) is 0 Å². The van der Waals surface area contributed by atoms with Gasteiger partial charge in [0.1, 0.15) is 12.0 Å². The maximum absolute atomic E-state index is 14.7. The zero-order valence-electron chi connectivity index (χ0n) is 24.6. The van der Waals surface area contributed by atoms with Gasteiger partial charge in [-0.25, -0.2) is 4.39 Å². The number of alkyl halides is 1. The van der Waals surface area contributed by atoms with Crippen molar-refractivity contribution in [1.82, 2.24) is 19.7 Å². The maximum Gasteiger partial charge on any atom is 0.251 e. The number of hydrogen-bond acceptors (Lipinski definition) is 6. The molecule has 0 bridgehead atoms. The summed E-state index contributed by atoms with van der Waals surface area (Å²) < 4.78 is 16.1. The molecule has 0 N–H and O–H groups in total. The van der Waals surface area contributed by atoms with Crippen LogP contribution in [0.3, 0.4) is 0 Å². The highest BCUT2D eigenvalue weighted by molar-refractivity contribution is 5.85. The molecule has 0 saturated heterocycles. The van der Waals surface area contributed by atoms with Crippen molar-refractivity contribution >= 4 is 11.6 Å². The average molecular weight is 549 g/mol. The predicted octanol–water partition coefficient (Wildman–Crippen LogP) is 5.80. The molecule has 0 amide bonds. The van der Waals surface area contributed by atoms with E-state index in [0.717, 1.165) is 22.3 Å². The van der Waals surface area contributed by atoms with Crippen LogP contribution < -0.4 is 5.56 Å². The van der Waals surface area contributed by atoms with Crippen LogP contribution in [-0.4, -0.2) is 51.9 Å². The molecule has 0 fully saturated rings. The highest BCUT2D eigenvalue weighted by Crippen LogP contribution is 2.32. The van der Waals surface area contributed by atoms with Crippen LogP contribution in [0, 0.1) is 19.8 Å². The molecule has 0 radical (unpaired) electrons. The Morgan fingerprint density at radius 2 is 1.70 bits per heavy atom. The summed E-state index contributed by atoms with van der Waals surface area (Å²) in [6.07, 6.45) is 2.52. The fraction of sp³-hybridized carbons (Fsp3) is 0.469. The number of carbonyl (C=O) groups excluding carboxylic acids is 2. The number of rotatable bonds is 13. The monoisotopic (exact) mass is 548 g/mol. The molecule has 0 aliphatic rings. The number of likely N-dealkylation sites (N-methyl/N-ethyl adjacent to an activating group) is 1. The second-order valence-corrected chi connectivity index (χ2v) is 11.5. The summed E-state index contributed by atoms with van der Waals surface area (Å²) in [5.41, 5.74) is 4.43. The summed E-state index contributed by atoms with van der Waals surface area (Å²) in [5, 5.41) is 8.57. The van der Waals surface area contributed by atoms with E-state index in [0.29, 0.717) is 17.7 Å². The molecule has 214 valence electrons. The molecule has 0 aliphatic carbocycles. The van der Waals surface area contributed by atoms with E-state index in [2.05, 4.69) is 10.2 Å². The van der Waals surface area contributed by atoms with Crippen LogP contribution in [-0.2, 0) is 9.59 Å². The average Bonchev–Trinajstić information content (AvgIpc) is 2.86. The number of halogens is 1. The SMILES string of the molecule is CC(=O)C[C@H](CC(=O)[C@H](CC(C)C)n1ccc(C(F)CN(C)C)cc1=O)c1cnnc(-c2c(C)cccc2C)c1. The van der Waals surface area contributed by atoms with E-state index in [1.54, 1.807) is 31.3 Å². The van der Waals surface area contributed by atoms with E-state index < -0.39 is 23.7 Å². The van der Waals surface area contributed by atoms with Crippen LogP contribution >= 0.6 is 0 Å². The van der Waals surface area contributed by atoms with Crippen molar-refractivity contribution in [2.45, 2.75) is 72.0 Å². The summed E-state index contributed by atoms with van der Waals surface area (Å²) in [4.78, 5) is 40.9. The summed E-state index contributed by atoms with van der Waals surface area (Å²) in [6.45, 7) is 9.68. The lowest BCUT2D eigenvalue weighted by atomic mass is 9.86. The number of pyridine rings is 1. The van der Waals surface area contributed by atoms with Crippen LogP contribution in [0.5, 0.6) is 0 Å². The molecule has 7 nitrogen and oxygen atoms in total. The Hall–Kier alpha value is -3.52. The van der Waals surface area contributed by atoms with E-state index in [1.807, 2.05) is 52.0 Å². The van der Waals surface area contributed by atoms with Gasteiger partial charge < -0.3 is 14.3 Å². The fourth-order valence-electron chi connectivity index (χ4n) is 5.21. The first-order chi connectivity index (χ1) is 18.9. The summed E-state index contributed by atoms with van der Waals surface area (Å²) in [5.74, 6) is -0.471. The zero-order chi connectivity index (χ0) is 29.6. The lowest BCUT2D eigenvalue weighted by molar-refractivity contribution is -0.123. The Labute approximate surface area is 236 Å². The van der Waals surface area contributed by atoms with Gasteiger partial charge in [-0.1, -0.05) is 32.0 Å². The largest absolute Gasteiger partial charge is 0.306 e. The van der Waals surface area contributed by atoms with Crippen LogP contribution in [0.25, 0.3) is 11.3 Å². The molecule has 40 heavy (non-hydrogen) atoms. The summed E-state index contributed by atoms with van der Waals surface area (Å²) >= 11 is 0. The molecular weight excluding hydrogens is 507 g/mol. The Kier molecular flexibility index (Phi) is 10.6. The number of carbonyl (C=O) groups is 2. The van der Waals surface area contributed by atoms with E-state index in [-0.39, 0.29) is 36.9 Å². The second kappa shape index (κ2) is 13.7. The molecule has 3 rings (SSSR count). The van der Waals surface area contributed by atoms with Crippen LogP contribution in [0.1, 0.15) is 80.4 Å². The molecule has 0 aliphatic heterocycles. The molecule has 1 aromatic carbocycles. The lowest BCUT2D eigenvalue weighted by Crippen LogP contribution is -2.32. The first-order valence-corrected chi connectivity index (χ1v) is 13.8. The van der Waals surface area contributed by atoms with E-state index in [4.69, 9.17) is 0 Å². The first kappa shape index (κ1) is 31.0. The van der Waals surface area contributed by atoms with Crippen molar-refractivity contribution in [2.75, 3.05) is 20.6 Å². The van der Waals surface area contributed by atoms with E-state index in [9.17, 15) is 18.8 Å². The number of benzene rings is 1. The summed E-state index contributed by atoms with van der Waals surface area (Å²) in [6, 6.07) is 10.1. The fourth-order valence-corrected chi connectivity index (χ4v) is 5.21. The molecule has 3 atom stereocenters. The molecule has 2 aromatic heterocycles. The number of aryl methyl sites for hydroxylation is 2. The zero-order valence-corrected chi connectivity index (χ0v) is 24.6. The van der Waals surface area contributed by atoms with Gasteiger partial charge >= 0.3 is 0 Å². The van der Waals surface area contributed by atoms with Gasteiger partial charge in [-0.05, 0) is 87.5 Å². The Bertz CT molecular complexity index is 1380. The van der Waals surface area contributed by atoms with Crippen molar-refractivity contribution in [1.29, 1.82) is 0 Å². The van der Waals surface area contributed by atoms with Gasteiger partial charge in [-0.2, -0.15) is 10.2 Å². The molecule has 2 heterocycles. The van der Waals surface area contributed by atoms with E-state index in [1.165, 1.54) is 23.8 Å². The highest BCUT2D eigenvalue weighted by Gasteiger charge is 2.28. The van der Waals surface area contributed by atoms with Crippen molar-refractivity contribution in [2.24, 2.45) is 5.92 Å². The maximum atomic E-state index is 14.7. The van der Waals surface area contributed by atoms with Crippen molar-refractivity contribution in [3.8, 4) is 11.3 Å². The minimum absolute atomic E-state index is 0.0416. The normalized spacial score (nSPS) is 13.8. The Morgan fingerprint density at radius 1 is 1.02 bits per heavy atom. The number of ketones is 2. The molecule has 3 aromatic rings. The van der Waals surface area contributed by atoms with Crippen LogP contribution in [0.15, 0.2) is 53.6 Å². The van der Waals surface area contributed by atoms with Crippen LogP contribution in [0.2, 0.25) is 0 Å². The van der Waals surface area contributed by atoms with Gasteiger partial charge in [-0.3, -0.25) is 9.59 Å². The standard InChI is InChI=1S/C32H41FN4O3/c1-20(2)13-29(37-12-11-24(17-31(37)40)27(33)19-36(6)7)30(39)16-25(14-23(5)38)26-15-28(35-34-18-26)32-21(3)9-8-10-22(32)4/h8-12,15,17-18,20,25,27,29H,13-14,16,19H2,1-7H3/t25-,27?,29+/m1/s1. The third-order valence-corrected chi connectivity index (χ3v) is 7.13. The Morgan fingerprint density at radius 3 is 2.27 bits per heavy atom. The number of nitrogens with zero attached hydrogens (tertiary/aromatic N) is 4. The van der Waals surface area contributed by atoms with Crippen molar-refractivity contribution < 1.29 is 14.0 Å². The van der Waals surface area contributed by atoms with E-state index >= 15 is 0 Å². The molecular formula is C32H41FN4O3. The third kappa shape index (κ3) is 8.01. The smallest absolute Gasteiger partial charge is 0.251 e. The van der Waals surface area contributed by atoms with Crippen LogP contribution in [0.4, 0.5) is 4.39 Å². The minimum Gasteiger partial charge on any atom is -0.306 e. The quantitative estimate of drug-likeness (QED) is 0.268. The molecule has 0 saturated carbocycles. The van der Waals surface area contributed by atoms with Gasteiger partial charge in [0, 0.05) is 37.2 Å². The molecule has 8 heteroatoms. The highest BCUT2D eigenvalue weighted by atomic mass is 19.1. The number of Topliss-reactive ketones (excluding diaryl/α,β-unsaturated/α-hetero) is 2. The number of aromatic nitrogens is 3. The van der Waals surface area contributed by atoms with Crippen molar-refractivity contribution in [3.05, 3.63) is 81.4 Å². The van der Waals surface area contributed by atoms with Gasteiger partial charge in [-0.15, -0.1) is 0 Å². The first-order valence-electron chi connectivity index (χ1n) is 13.8. The molecule has 1 unspecified atom stereocenters. The molecule has 0 spiro atoms. The third-order valence-electron chi connectivity index (χ3n) is 7.13. The topological polar surface area (TPSA) is 85.2 Å². The van der Waals surface area contributed by atoms with Gasteiger partial charge in [0.05, 0.1) is 17.9 Å². The predicted molar refractivity (Wildman–Crippen MR) is 156 cm³/mol. The summed E-state index contributed by atoms with van der Waals surface area (Å²) in [7, 11) is 3.54. The van der Waals surface area contributed by atoms with Gasteiger partial charge in [0.15, 0.2) is 5.78 Å². The van der Waals surface area contributed by atoms with Gasteiger partial charge in [0.2, 0.25) is 0 Å².